The first kappa shape index (κ1) is 13.3. The first-order valence-corrected chi connectivity index (χ1v) is 8.02. The largest absolute Gasteiger partial charge is 0.261 e. The summed E-state index contributed by atoms with van der Waals surface area (Å²) in [5.74, 6) is 0. The van der Waals surface area contributed by atoms with Crippen molar-refractivity contribution in [3.63, 3.8) is 0 Å². The molecule has 0 N–H and O–H groups in total. The van der Waals surface area contributed by atoms with Crippen LogP contribution in [-0.4, -0.2) is 17.4 Å². The van der Waals surface area contributed by atoms with Gasteiger partial charge in [-0.1, -0.05) is 36.8 Å². The van der Waals surface area contributed by atoms with Crippen LogP contribution in [0, 0.1) is 0 Å². The van der Waals surface area contributed by atoms with E-state index in [1.807, 2.05) is 17.8 Å². The van der Waals surface area contributed by atoms with Crippen LogP contribution in [0.1, 0.15) is 32.1 Å². The molecule has 2 aromatic rings. The Hall–Kier alpha value is -1.68. The monoisotopic (exact) mass is 285 g/mol. The molecular weight excluding hydrogens is 266 g/mol. The molecule has 0 unspecified atom stereocenters. The van der Waals surface area contributed by atoms with Crippen molar-refractivity contribution < 1.29 is 0 Å². The smallest absolute Gasteiger partial charge is 0.205 e. The molecule has 104 valence electrons. The van der Waals surface area contributed by atoms with Crippen LogP contribution < -0.4 is 4.80 Å². The first-order chi connectivity index (χ1) is 9.88. The van der Waals surface area contributed by atoms with Crippen molar-refractivity contribution in [2.24, 2.45) is 10.1 Å². The SMILES string of the molecule is CN=c1scc(-c2ccccc2)n1N=C1CCCCC1. The Morgan fingerprint density at radius 1 is 1.05 bits per heavy atom. The Bertz CT molecular complexity index is 657. The number of nitrogens with zero attached hydrogens (tertiary/aromatic N) is 3. The zero-order chi connectivity index (χ0) is 13.8. The number of hydrogen-bond acceptors (Lipinski definition) is 3. The summed E-state index contributed by atoms with van der Waals surface area (Å²) in [7, 11) is 1.83. The van der Waals surface area contributed by atoms with E-state index in [1.165, 1.54) is 30.5 Å². The molecule has 1 aromatic heterocycles. The van der Waals surface area contributed by atoms with E-state index in [0.29, 0.717) is 0 Å². The molecule has 0 radical (unpaired) electrons. The van der Waals surface area contributed by atoms with Crippen molar-refractivity contribution in [1.82, 2.24) is 4.68 Å². The van der Waals surface area contributed by atoms with Gasteiger partial charge in [0.1, 0.15) is 0 Å². The number of rotatable bonds is 2. The van der Waals surface area contributed by atoms with Crippen molar-refractivity contribution in [3.8, 4) is 11.3 Å². The number of hydrogen-bond donors (Lipinski definition) is 0. The highest BCUT2D eigenvalue weighted by Crippen LogP contribution is 2.21. The lowest BCUT2D eigenvalue weighted by Gasteiger charge is -2.13. The predicted molar refractivity (Wildman–Crippen MR) is 85.2 cm³/mol. The van der Waals surface area contributed by atoms with Gasteiger partial charge in [0, 0.05) is 23.7 Å². The first-order valence-electron chi connectivity index (χ1n) is 7.14. The van der Waals surface area contributed by atoms with E-state index >= 15 is 0 Å². The van der Waals surface area contributed by atoms with Crippen molar-refractivity contribution in [1.29, 1.82) is 0 Å². The summed E-state index contributed by atoms with van der Waals surface area (Å²) in [6.45, 7) is 0. The summed E-state index contributed by atoms with van der Waals surface area (Å²) in [5.41, 5.74) is 3.63. The third-order valence-electron chi connectivity index (χ3n) is 3.62. The maximum atomic E-state index is 4.88. The van der Waals surface area contributed by atoms with E-state index in [0.717, 1.165) is 23.3 Å². The van der Waals surface area contributed by atoms with Gasteiger partial charge in [-0.25, -0.2) is 4.68 Å². The summed E-state index contributed by atoms with van der Waals surface area (Å²) in [4.78, 5) is 5.32. The van der Waals surface area contributed by atoms with Crippen LogP contribution in [0.25, 0.3) is 11.3 Å². The highest BCUT2D eigenvalue weighted by Gasteiger charge is 2.11. The highest BCUT2D eigenvalue weighted by atomic mass is 32.1. The maximum Gasteiger partial charge on any atom is 0.205 e. The van der Waals surface area contributed by atoms with Gasteiger partial charge >= 0.3 is 0 Å². The molecule has 0 amide bonds. The predicted octanol–water partition coefficient (Wildman–Crippen LogP) is 3.92. The average molecular weight is 285 g/mol. The lowest BCUT2D eigenvalue weighted by molar-refractivity contribution is 0.655. The molecular formula is C16H19N3S. The lowest BCUT2D eigenvalue weighted by Crippen LogP contribution is -2.15. The van der Waals surface area contributed by atoms with Crippen LogP contribution in [0.4, 0.5) is 0 Å². The Morgan fingerprint density at radius 3 is 2.50 bits per heavy atom. The Balaban J connectivity index is 2.07. The summed E-state index contributed by atoms with van der Waals surface area (Å²) >= 11 is 1.65. The van der Waals surface area contributed by atoms with E-state index in [1.54, 1.807) is 11.3 Å². The van der Waals surface area contributed by atoms with Crippen LogP contribution >= 0.6 is 11.3 Å². The van der Waals surface area contributed by atoms with Gasteiger partial charge in [-0.2, -0.15) is 5.10 Å². The number of benzene rings is 1. The van der Waals surface area contributed by atoms with Crippen molar-refractivity contribution in [2.75, 3.05) is 7.05 Å². The van der Waals surface area contributed by atoms with Gasteiger partial charge in [0.15, 0.2) is 0 Å². The van der Waals surface area contributed by atoms with E-state index in [2.05, 4.69) is 34.6 Å². The van der Waals surface area contributed by atoms with Gasteiger partial charge < -0.3 is 0 Å². The number of thiazole rings is 1. The second-order valence-corrected chi connectivity index (χ2v) is 5.87. The van der Waals surface area contributed by atoms with E-state index in [4.69, 9.17) is 5.10 Å². The Kier molecular flexibility index (Phi) is 4.11. The van der Waals surface area contributed by atoms with Gasteiger partial charge in [0.05, 0.1) is 5.69 Å². The van der Waals surface area contributed by atoms with Crippen molar-refractivity contribution in [2.45, 2.75) is 32.1 Å². The summed E-state index contributed by atoms with van der Waals surface area (Å²) in [5, 5.41) is 7.02. The third kappa shape index (κ3) is 2.75. The number of aromatic nitrogens is 1. The highest BCUT2D eigenvalue weighted by molar-refractivity contribution is 7.07. The average Bonchev–Trinajstić information content (AvgIpc) is 2.92. The molecule has 20 heavy (non-hydrogen) atoms. The fourth-order valence-electron chi connectivity index (χ4n) is 2.56. The Labute approximate surface area is 123 Å². The quantitative estimate of drug-likeness (QED) is 0.800. The zero-order valence-electron chi connectivity index (χ0n) is 11.7. The molecule has 1 aromatic carbocycles. The molecule has 0 bridgehead atoms. The van der Waals surface area contributed by atoms with Crippen LogP contribution in [0.2, 0.25) is 0 Å². The Morgan fingerprint density at radius 2 is 1.80 bits per heavy atom. The van der Waals surface area contributed by atoms with Gasteiger partial charge in [0.25, 0.3) is 0 Å². The van der Waals surface area contributed by atoms with Crippen LogP contribution in [0.5, 0.6) is 0 Å². The molecule has 0 aliphatic heterocycles. The lowest BCUT2D eigenvalue weighted by atomic mass is 9.99. The molecule has 3 nitrogen and oxygen atoms in total. The molecule has 1 heterocycles. The molecule has 1 saturated carbocycles. The molecule has 3 rings (SSSR count). The van der Waals surface area contributed by atoms with E-state index in [-0.39, 0.29) is 0 Å². The van der Waals surface area contributed by atoms with Gasteiger partial charge in [-0.15, -0.1) is 11.3 Å². The minimum Gasteiger partial charge on any atom is -0.261 e. The van der Waals surface area contributed by atoms with Crippen molar-refractivity contribution >= 4 is 17.0 Å². The van der Waals surface area contributed by atoms with E-state index < -0.39 is 0 Å². The third-order valence-corrected chi connectivity index (χ3v) is 4.53. The molecule has 1 aliphatic carbocycles. The minimum absolute atomic E-state index is 0.960. The molecule has 1 fully saturated rings. The van der Waals surface area contributed by atoms with Crippen LogP contribution in [0.3, 0.4) is 0 Å². The standard InChI is InChI=1S/C16H19N3S/c1-17-16-19(18-14-10-6-3-7-11-14)15(12-20-16)13-8-4-2-5-9-13/h2,4-5,8-9,12H,3,6-7,10-11H2,1H3. The van der Waals surface area contributed by atoms with Crippen LogP contribution in [-0.2, 0) is 0 Å². The minimum atomic E-state index is 0.960. The molecule has 0 atom stereocenters. The second-order valence-electron chi connectivity index (χ2n) is 5.03. The van der Waals surface area contributed by atoms with Gasteiger partial charge in [-0.05, 0) is 25.7 Å². The van der Waals surface area contributed by atoms with Gasteiger partial charge in [0.2, 0.25) is 4.80 Å². The van der Waals surface area contributed by atoms with Crippen molar-refractivity contribution in [3.05, 3.63) is 40.5 Å². The summed E-state index contributed by atoms with van der Waals surface area (Å²) in [6, 6.07) is 10.4. The fourth-order valence-corrected chi connectivity index (χ4v) is 3.35. The molecule has 0 spiro atoms. The summed E-state index contributed by atoms with van der Waals surface area (Å²) in [6.07, 6.45) is 6.12. The topological polar surface area (TPSA) is 29.6 Å². The molecule has 4 heteroatoms. The van der Waals surface area contributed by atoms with Crippen LogP contribution in [0.15, 0.2) is 45.8 Å². The second kappa shape index (κ2) is 6.18. The maximum absolute atomic E-state index is 4.88. The van der Waals surface area contributed by atoms with E-state index in [9.17, 15) is 0 Å². The fraction of sp³-hybridized carbons (Fsp3) is 0.375. The zero-order valence-corrected chi connectivity index (χ0v) is 12.6. The summed E-state index contributed by atoms with van der Waals surface area (Å²) < 4.78 is 2.01. The molecule has 1 aliphatic rings. The normalized spacial score (nSPS) is 16.4. The molecule has 0 saturated heterocycles. The van der Waals surface area contributed by atoms with Gasteiger partial charge in [-0.3, -0.25) is 4.99 Å².